The molecule has 1 aromatic heterocycles. The van der Waals surface area contributed by atoms with Gasteiger partial charge in [-0.05, 0) is 86.2 Å². The molecule has 8 rings (SSSR count). The van der Waals surface area contributed by atoms with Crippen LogP contribution < -0.4 is 4.90 Å². The standard InChI is InChI=1S/C33H19FN2/c34-23-12-10-20-11-13-25-26-14-15-35-33-29-16-21-6-4-5-7-22(21)17-30(29)36(24-8-2-1-3-9-24)31(32(26)33)19-28(25)27(20)18-23/h1-19H. The van der Waals surface area contributed by atoms with Crippen LogP contribution in [0.2, 0.25) is 0 Å². The Morgan fingerprint density at radius 3 is 2.19 bits per heavy atom. The second-order valence-electron chi connectivity index (χ2n) is 9.39. The zero-order valence-electron chi connectivity index (χ0n) is 19.2. The van der Waals surface area contributed by atoms with Crippen molar-refractivity contribution in [2.75, 3.05) is 4.90 Å². The molecule has 0 aliphatic carbocycles. The lowest BCUT2D eigenvalue weighted by Gasteiger charge is -2.34. The first kappa shape index (κ1) is 19.5. The van der Waals surface area contributed by atoms with Gasteiger partial charge in [0.1, 0.15) is 5.82 Å². The number of fused-ring (bicyclic) bond motifs is 7. The van der Waals surface area contributed by atoms with Crippen LogP contribution in [0.5, 0.6) is 0 Å². The molecule has 0 atom stereocenters. The minimum absolute atomic E-state index is 0.226. The molecule has 0 fully saturated rings. The zero-order valence-corrected chi connectivity index (χ0v) is 19.2. The van der Waals surface area contributed by atoms with E-state index in [0.717, 1.165) is 60.6 Å². The molecular formula is C33H19FN2. The summed E-state index contributed by atoms with van der Waals surface area (Å²) in [7, 11) is 0. The average molecular weight is 463 g/mol. The second-order valence-corrected chi connectivity index (χ2v) is 9.39. The van der Waals surface area contributed by atoms with E-state index in [1.54, 1.807) is 6.07 Å². The van der Waals surface area contributed by atoms with Gasteiger partial charge >= 0.3 is 0 Å². The molecule has 0 amide bonds. The van der Waals surface area contributed by atoms with Crippen molar-refractivity contribution in [2.45, 2.75) is 0 Å². The molecule has 0 N–H and O–H groups in total. The van der Waals surface area contributed by atoms with Crippen LogP contribution >= 0.6 is 0 Å². The predicted molar refractivity (Wildman–Crippen MR) is 148 cm³/mol. The quantitative estimate of drug-likeness (QED) is 0.226. The molecule has 0 saturated carbocycles. The normalized spacial score (nSPS) is 12.5. The van der Waals surface area contributed by atoms with Crippen LogP contribution in [-0.2, 0) is 0 Å². The van der Waals surface area contributed by atoms with Crippen molar-refractivity contribution in [2.24, 2.45) is 0 Å². The third-order valence-corrected chi connectivity index (χ3v) is 7.42. The Bertz CT molecular complexity index is 2010. The summed E-state index contributed by atoms with van der Waals surface area (Å²) in [4.78, 5) is 7.24. The number of pyridine rings is 1. The lowest BCUT2D eigenvalue weighted by atomic mass is 9.89. The van der Waals surface area contributed by atoms with Crippen LogP contribution in [0, 0.1) is 5.82 Å². The molecule has 0 unspecified atom stereocenters. The highest BCUT2D eigenvalue weighted by atomic mass is 19.1. The van der Waals surface area contributed by atoms with Gasteiger partial charge in [-0.2, -0.15) is 0 Å². The Balaban J connectivity index is 1.60. The van der Waals surface area contributed by atoms with Gasteiger partial charge in [0.15, 0.2) is 0 Å². The van der Waals surface area contributed by atoms with Crippen LogP contribution in [0.1, 0.15) is 0 Å². The maximum absolute atomic E-state index is 14.4. The predicted octanol–water partition coefficient (Wildman–Crippen LogP) is 9.28. The summed E-state index contributed by atoms with van der Waals surface area (Å²) in [5, 5.41) is 8.70. The van der Waals surface area contributed by atoms with Gasteiger partial charge in [-0.3, -0.25) is 4.98 Å². The van der Waals surface area contributed by atoms with E-state index in [2.05, 4.69) is 89.8 Å². The van der Waals surface area contributed by atoms with Crippen molar-refractivity contribution in [3.8, 4) is 11.3 Å². The molecule has 3 heteroatoms. The summed E-state index contributed by atoms with van der Waals surface area (Å²) in [5.74, 6) is -0.226. The maximum Gasteiger partial charge on any atom is 0.123 e. The van der Waals surface area contributed by atoms with Gasteiger partial charge < -0.3 is 4.90 Å². The first-order valence-electron chi connectivity index (χ1n) is 12.1. The summed E-state index contributed by atoms with van der Waals surface area (Å²) >= 11 is 0. The molecule has 1 aliphatic rings. The number of para-hydroxylation sites is 1. The molecule has 2 nitrogen and oxygen atoms in total. The summed E-state index contributed by atoms with van der Waals surface area (Å²) in [6.45, 7) is 0. The average Bonchev–Trinajstić information content (AvgIpc) is 2.93. The molecular weight excluding hydrogens is 443 g/mol. The smallest absolute Gasteiger partial charge is 0.123 e. The molecule has 2 heterocycles. The van der Waals surface area contributed by atoms with Crippen molar-refractivity contribution < 1.29 is 4.39 Å². The van der Waals surface area contributed by atoms with Gasteiger partial charge in [-0.25, -0.2) is 4.39 Å². The summed E-state index contributed by atoms with van der Waals surface area (Å²) in [6, 6.07) is 37.0. The largest absolute Gasteiger partial charge is 0.309 e. The van der Waals surface area contributed by atoms with E-state index in [1.807, 2.05) is 18.3 Å². The minimum Gasteiger partial charge on any atom is -0.309 e. The van der Waals surface area contributed by atoms with E-state index in [4.69, 9.17) is 4.98 Å². The van der Waals surface area contributed by atoms with Gasteiger partial charge in [0, 0.05) is 22.8 Å². The SMILES string of the molecule is Fc1ccc2ccc3c4ccnc5c4c(cc3c2c1)N(c1ccccc1)c1cc2ccccc2cc1-5. The van der Waals surface area contributed by atoms with E-state index in [1.165, 1.54) is 16.8 Å². The Hall–Kier alpha value is -4.76. The number of aromatic nitrogens is 1. The lowest BCUT2D eigenvalue weighted by molar-refractivity contribution is 0.630. The molecule has 1 aliphatic heterocycles. The number of benzene rings is 6. The fourth-order valence-corrected chi connectivity index (χ4v) is 5.83. The third-order valence-electron chi connectivity index (χ3n) is 7.42. The molecule has 0 spiro atoms. The van der Waals surface area contributed by atoms with Crippen molar-refractivity contribution in [3.63, 3.8) is 0 Å². The first-order chi connectivity index (χ1) is 17.8. The molecule has 0 radical (unpaired) electrons. The lowest BCUT2D eigenvalue weighted by Crippen LogP contribution is -2.15. The first-order valence-corrected chi connectivity index (χ1v) is 12.1. The van der Waals surface area contributed by atoms with Crippen LogP contribution in [-0.4, -0.2) is 4.98 Å². The number of anilines is 3. The van der Waals surface area contributed by atoms with Crippen molar-refractivity contribution in [3.05, 3.63) is 121 Å². The number of halogens is 1. The van der Waals surface area contributed by atoms with Gasteiger partial charge in [0.2, 0.25) is 0 Å². The summed E-state index contributed by atoms with van der Waals surface area (Å²) < 4.78 is 14.4. The summed E-state index contributed by atoms with van der Waals surface area (Å²) in [6.07, 6.45) is 1.90. The molecule has 0 saturated heterocycles. The minimum atomic E-state index is -0.226. The number of hydrogen-bond donors (Lipinski definition) is 0. The van der Waals surface area contributed by atoms with E-state index in [0.29, 0.717) is 0 Å². The molecule has 0 bridgehead atoms. The van der Waals surface area contributed by atoms with Crippen LogP contribution in [0.25, 0.3) is 54.3 Å². The Kier molecular flexibility index (Phi) is 3.87. The van der Waals surface area contributed by atoms with E-state index < -0.39 is 0 Å². The topological polar surface area (TPSA) is 16.1 Å². The van der Waals surface area contributed by atoms with E-state index in [9.17, 15) is 4.39 Å². The number of rotatable bonds is 1. The molecule has 7 aromatic rings. The fraction of sp³-hybridized carbons (Fsp3) is 0. The van der Waals surface area contributed by atoms with E-state index >= 15 is 0 Å². The number of hydrogen-bond acceptors (Lipinski definition) is 2. The van der Waals surface area contributed by atoms with E-state index in [-0.39, 0.29) is 5.82 Å². The second kappa shape index (κ2) is 7.12. The highest BCUT2D eigenvalue weighted by molar-refractivity contribution is 6.26. The monoisotopic (exact) mass is 462 g/mol. The Morgan fingerprint density at radius 2 is 1.33 bits per heavy atom. The van der Waals surface area contributed by atoms with Gasteiger partial charge in [0.25, 0.3) is 0 Å². The summed E-state index contributed by atoms with van der Waals surface area (Å²) in [5.41, 5.74) is 5.33. The van der Waals surface area contributed by atoms with Crippen molar-refractivity contribution >= 4 is 60.2 Å². The Morgan fingerprint density at radius 1 is 0.556 bits per heavy atom. The highest BCUT2D eigenvalue weighted by Crippen LogP contribution is 2.53. The third kappa shape index (κ3) is 2.63. The zero-order chi connectivity index (χ0) is 23.8. The van der Waals surface area contributed by atoms with Gasteiger partial charge in [0.05, 0.1) is 17.1 Å². The number of nitrogens with zero attached hydrogens (tertiary/aromatic N) is 2. The van der Waals surface area contributed by atoms with Crippen LogP contribution in [0.3, 0.4) is 0 Å². The van der Waals surface area contributed by atoms with Gasteiger partial charge in [-0.15, -0.1) is 0 Å². The molecule has 36 heavy (non-hydrogen) atoms. The molecule has 168 valence electrons. The Labute approximate surface area is 206 Å². The van der Waals surface area contributed by atoms with Crippen molar-refractivity contribution in [1.29, 1.82) is 0 Å². The molecule has 6 aromatic carbocycles. The van der Waals surface area contributed by atoms with Crippen LogP contribution in [0.4, 0.5) is 21.5 Å². The highest BCUT2D eigenvalue weighted by Gasteiger charge is 2.28. The van der Waals surface area contributed by atoms with Crippen molar-refractivity contribution in [1.82, 2.24) is 4.98 Å². The van der Waals surface area contributed by atoms with Crippen LogP contribution in [0.15, 0.2) is 115 Å². The maximum atomic E-state index is 14.4. The fourth-order valence-electron chi connectivity index (χ4n) is 5.83. The van der Waals surface area contributed by atoms with Gasteiger partial charge in [-0.1, -0.05) is 60.7 Å².